The minimum atomic E-state index is -0.415. The van der Waals surface area contributed by atoms with Gasteiger partial charge in [-0.1, -0.05) is 6.07 Å². The molecule has 0 aromatic carbocycles. The summed E-state index contributed by atoms with van der Waals surface area (Å²) in [5.41, 5.74) is 0.0678. The lowest BCUT2D eigenvalue weighted by Gasteiger charge is -2.50. The van der Waals surface area contributed by atoms with Gasteiger partial charge in [0, 0.05) is 38.9 Å². The zero-order valence-electron chi connectivity index (χ0n) is 13.9. The summed E-state index contributed by atoms with van der Waals surface area (Å²) in [6.45, 7) is 3.93. The van der Waals surface area contributed by atoms with E-state index in [0.29, 0.717) is 31.6 Å². The number of carbonyl (C=O) groups is 2. The fourth-order valence-electron chi connectivity index (χ4n) is 3.98. The van der Waals surface area contributed by atoms with Gasteiger partial charge in [-0.25, -0.2) is 0 Å². The smallest absolute Gasteiger partial charge is 0.272 e. The highest BCUT2D eigenvalue weighted by Crippen LogP contribution is 2.37. The number of aromatic nitrogens is 1. The molecule has 2 aliphatic heterocycles. The first-order chi connectivity index (χ1) is 11.7. The number of hydrogen-bond acceptors (Lipinski definition) is 4. The van der Waals surface area contributed by atoms with E-state index in [4.69, 9.17) is 0 Å². The fourth-order valence-corrected chi connectivity index (χ4v) is 3.98. The molecular weight excluding hydrogens is 304 g/mol. The van der Waals surface area contributed by atoms with Crippen molar-refractivity contribution in [3.8, 4) is 0 Å². The molecule has 1 saturated carbocycles. The van der Waals surface area contributed by atoms with Crippen LogP contribution in [0.1, 0.15) is 36.2 Å². The average Bonchev–Trinajstić information content (AvgIpc) is 3.44. The molecule has 1 aliphatic carbocycles. The number of carbonyl (C=O) groups excluding carboxylic acids is 2. The van der Waals surface area contributed by atoms with E-state index in [2.05, 4.69) is 15.2 Å². The molecular formula is C18H24N4O2. The van der Waals surface area contributed by atoms with Gasteiger partial charge in [0.25, 0.3) is 5.91 Å². The molecule has 24 heavy (non-hydrogen) atoms. The Kier molecular flexibility index (Phi) is 4.00. The Balaban J connectivity index is 1.46. The fraction of sp³-hybridized carbons (Fsp3) is 0.611. The van der Waals surface area contributed by atoms with E-state index in [-0.39, 0.29) is 11.8 Å². The largest absolute Gasteiger partial charge is 0.353 e. The van der Waals surface area contributed by atoms with Gasteiger partial charge < -0.3 is 10.2 Å². The van der Waals surface area contributed by atoms with Crippen molar-refractivity contribution in [3.63, 3.8) is 0 Å². The number of rotatable bonds is 3. The van der Waals surface area contributed by atoms with E-state index in [1.807, 2.05) is 17.0 Å². The number of likely N-dealkylation sites (tertiary alicyclic amines) is 1. The van der Waals surface area contributed by atoms with Crippen LogP contribution in [0.15, 0.2) is 24.4 Å². The third-order valence-corrected chi connectivity index (χ3v) is 5.63. The molecule has 128 valence electrons. The van der Waals surface area contributed by atoms with Crippen LogP contribution < -0.4 is 5.32 Å². The Hall–Kier alpha value is -1.95. The van der Waals surface area contributed by atoms with Crippen molar-refractivity contribution in [1.82, 2.24) is 20.1 Å². The molecule has 1 aromatic rings. The Morgan fingerprint density at radius 2 is 2.04 bits per heavy atom. The summed E-state index contributed by atoms with van der Waals surface area (Å²) in [5, 5.41) is 3.05. The molecule has 0 bridgehead atoms. The minimum Gasteiger partial charge on any atom is -0.353 e. The number of piperidine rings is 1. The van der Waals surface area contributed by atoms with Crippen LogP contribution in [0.2, 0.25) is 0 Å². The number of amides is 2. The number of nitrogens with one attached hydrogen (secondary N) is 1. The van der Waals surface area contributed by atoms with Crippen LogP contribution in [-0.4, -0.2) is 64.9 Å². The number of pyridine rings is 1. The molecule has 1 aromatic heterocycles. The van der Waals surface area contributed by atoms with Gasteiger partial charge in [0.05, 0.1) is 0 Å². The molecule has 0 atom stereocenters. The third-order valence-electron chi connectivity index (χ3n) is 5.63. The van der Waals surface area contributed by atoms with Crippen molar-refractivity contribution >= 4 is 11.8 Å². The van der Waals surface area contributed by atoms with Crippen molar-refractivity contribution in [2.24, 2.45) is 5.92 Å². The van der Waals surface area contributed by atoms with Gasteiger partial charge in [-0.3, -0.25) is 19.5 Å². The zero-order valence-corrected chi connectivity index (χ0v) is 13.9. The normalized spacial score (nSPS) is 24.0. The average molecular weight is 328 g/mol. The van der Waals surface area contributed by atoms with Crippen LogP contribution >= 0.6 is 0 Å². The summed E-state index contributed by atoms with van der Waals surface area (Å²) in [5.74, 6) is 0.885. The van der Waals surface area contributed by atoms with E-state index in [9.17, 15) is 9.59 Å². The molecule has 4 rings (SSSR count). The first-order valence-electron chi connectivity index (χ1n) is 8.93. The molecule has 6 nitrogen and oxygen atoms in total. The van der Waals surface area contributed by atoms with E-state index >= 15 is 0 Å². The number of hydrogen-bond donors (Lipinski definition) is 1. The maximum Gasteiger partial charge on any atom is 0.272 e. The van der Waals surface area contributed by atoms with Crippen LogP contribution in [0.25, 0.3) is 0 Å². The molecule has 3 heterocycles. The van der Waals surface area contributed by atoms with Gasteiger partial charge in [-0.2, -0.15) is 0 Å². The molecule has 1 N–H and O–H groups in total. The predicted octanol–water partition coefficient (Wildman–Crippen LogP) is 0.898. The van der Waals surface area contributed by atoms with E-state index in [1.54, 1.807) is 12.3 Å². The molecule has 0 radical (unpaired) electrons. The maximum atomic E-state index is 12.7. The van der Waals surface area contributed by atoms with Gasteiger partial charge in [-0.15, -0.1) is 0 Å². The highest BCUT2D eigenvalue weighted by Gasteiger charge is 2.49. The van der Waals surface area contributed by atoms with Crippen molar-refractivity contribution in [3.05, 3.63) is 30.1 Å². The van der Waals surface area contributed by atoms with E-state index < -0.39 is 5.54 Å². The van der Waals surface area contributed by atoms with Crippen molar-refractivity contribution in [1.29, 1.82) is 0 Å². The molecule has 3 aliphatic rings. The molecule has 2 saturated heterocycles. The second kappa shape index (κ2) is 6.16. The lowest BCUT2D eigenvalue weighted by Crippen LogP contribution is -2.68. The van der Waals surface area contributed by atoms with E-state index in [0.717, 1.165) is 25.6 Å². The summed E-state index contributed by atoms with van der Waals surface area (Å²) < 4.78 is 0. The van der Waals surface area contributed by atoms with Crippen LogP contribution in [0.4, 0.5) is 0 Å². The number of piperazine rings is 1. The standard InChI is InChI=1S/C18H24N4O2/c23-16(15-3-1-2-8-19-15)21-10-6-18(7-11-21)17(24)20-9-12-22(18)13-14-4-5-14/h1-3,8,14H,4-7,9-13H2,(H,20,24). The van der Waals surface area contributed by atoms with Gasteiger partial charge in [-0.05, 0) is 43.7 Å². The Bertz CT molecular complexity index is 621. The van der Waals surface area contributed by atoms with Crippen molar-refractivity contribution in [2.45, 2.75) is 31.2 Å². The highest BCUT2D eigenvalue weighted by atomic mass is 16.2. The monoisotopic (exact) mass is 328 g/mol. The van der Waals surface area contributed by atoms with Gasteiger partial charge in [0.15, 0.2) is 0 Å². The van der Waals surface area contributed by atoms with Crippen molar-refractivity contribution < 1.29 is 9.59 Å². The Morgan fingerprint density at radius 3 is 2.71 bits per heavy atom. The highest BCUT2D eigenvalue weighted by molar-refractivity contribution is 5.93. The zero-order chi connectivity index (χ0) is 16.6. The van der Waals surface area contributed by atoms with Crippen LogP contribution in [-0.2, 0) is 4.79 Å². The van der Waals surface area contributed by atoms with Gasteiger partial charge in [0.1, 0.15) is 11.2 Å². The Morgan fingerprint density at radius 1 is 1.25 bits per heavy atom. The summed E-state index contributed by atoms with van der Waals surface area (Å²) in [7, 11) is 0. The SMILES string of the molecule is O=C(c1ccccn1)N1CCC2(CC1)C(=O)NCCN2CC1CC1. The number of nitrogens with zero attached hydrogens (tertiary/aromatic N) is 3. The lowest BCUT2D eigenvalue weighted by atomic mass is 9.82. The topological polar surface area (TPSA) is 65.5 Å². The van der Waals surface area contributed by atoms with E-state index in [1.165, 1.54) is 12.8 Å². The summed E-state index contributed by atoms with van der Waals surface area (Å²) in [4.78, 5) is 33.6. The summed E-state index contributed by atoms with van der Waals surface area (Å²) in [6.07, 6.45) is 5.65. The second-order valence-electron chi connectivity index (χ2n) is 7.18. The van der Waals surface area contributed by atoms with Crippen LogP contribution in [0.3, 0.4) is 0 Å². The quantitative estimate of drug-likeness (QED) is 0.895. The predicted molar refractivity (Wildman–Crippen MR) is 89.4 cm³/mol. The first-order valence-corrected chi connectivity index (χ1v) is 8.93. The van der Waals surface area contributed by atoms with Crippen LogP contribution in [0, 0.1) is 5.92 Å². The first kappa shape index (κ1) is 15.6. The van der Waals surface area contributed by atoms with Gasteiger partial charge in [0.2, 0.25) is 5.91 Å². The molecule has 6 heteroatoms. The Labute approximate surface area is 142 Å². The van der Waals surface area contributed by atoms with Gasteiger partial charge >= 0.3 is 0 Å². The maximum absolute atomic E-state index is 12.7. The molecule has 0 unspecified atom stereocenters. The van der Waals surface area contributed by atoms with Crippen molar-refractivity contribution in [2.75, 3.05) is 32.7 Å². The minimum absolute atomic E-state index is 0.0320. The third kappa shape index (κ3) is 2.79. The summed E-state index contributed by atoms with van der Waals surface area (Å²) in [6, 6.07) is 5.39. The van der Waals surface area contributed by atoms with Crippen LogP contribution in [0.5, 0.6) is 0 Å². The second-order valence-corrected chi connectivity index (χ2v) is 7.18. The molecule has 2 amide bonds. The molecule has 3 fully saturated rings. The summed E-state index contributed by atoms with van der Waals surface area (Å²) >= 11 is 0. The molecule has 1 spiro atoms. The lowest BCUT2D eigenvalue weighted by molar-refractivity contribution is -0.141.